The zero-order valence-corrected chi connectivity index (χ0v) is 17.5. The summed E-state index contributed by atoms with van der Waals surface area (Å²) >= 11 is 1.43. The van der Waals surface area contributed by atoms with E-state index in [0.717, 1.165) is 22.1 Å². The fourth-order valence-corrected chi connectivity index (χ4v) is 4.04. The van der Waals surface area contributed by atoms with Gasteiger partial charge < -0.3 is 19.9 Å². The Bertz CT molecular complexity index is 983. The van der Waals surface area contributed by atoms with Crippen LogP contribution in [0.1, 0.15) is 16.1 Å². The van der Waals surface area contributed by atoms with E-state index in [0.29, 0.717) is 38.4 Å². The van der Waals surface area contributed by atoms with Crippen molar-refractivity contribution in [2.75, 3.05) is 43.5 Å². The summed E-state index contributed by atoms with van der Waals surface area (Å²) < 4.78 is 18.3. The smallest absolute Gasteiger partial charge is 0.273 e. The molecule has 156 valence electrons. The maximum absolute atomic E-state index is 13.1. The number of aromatic nitrogens is 1. The van der Waals surface area contributed by atoms with Gasteiger partial charge in [-0.3, -0.25) is 4.79 Å². The van der Waals surface area contributed by atoms with Gasteiger partial charge in [0.05, 0.1) is 7.11 Å². The van der Waals surface area contributed by atoms with Crippen LogP contribution in [0.5, 0.6) is 5.75 Å². The van der Waals surface area contributed by atoms with Crippen molar-refractivity contribution in [3.05, 3.63) is 71.0 Å². The molecule has 1 aliphatic heterocycles. The van der Waals surface area contributed by atoms with E-state index in [1.54, 1.807) is 24.6 Å². The van der Waals surface area contributed by atoms with Crippen molar-refractivity contribution in [2.24, 2.45) is 0 Å². The Hall–Kier alpha value is -3.13. The molecule has 2 aromatic carbocycles. The number of rotatable bonds is 6. The van der Waals surface area contributed by atoms with Crippen molar-refractivity contribution in [3.8, 4) is 5.75 Å². The lowest BCUT2D eigenvalue weighted by molar-refractivity contribution is 0.0742. The lowest BCUT2D eigenvalue weighted by Gasteiger charge is -2.35. The van der Waals surface area contributed by atoms with E-state index >= 15 is 0 Å². The average Bonchev–Trinajstić information content (AvgIpc) is 3.27. The third-order valence-electron chi connectivity index (χ3n) is 5.08. The van der Waals surface area contributed by atoms with Gasteiger partial charge in [0, 0.05) is 43.8 Å². The van der Waals surface area contributed by atoms with Crippen LogP contribution in [0.2, 0.25) is 0 Å². The minimum atomic E-state index is -0.243. The number of ether oxygens (including phenoxy) is 1. The van der Waals surface area contributed by atoms with Crippen molar-refractivity contribution in [1.29, 1.82) is 0 Å². The number of thiazole rings is 1. The molecule has 0 radical (unpaired) electrons. The molecule has 0 unspecified atom stereocenters. The predicted molar refractivity (Wildman–Crippen MR) is 117 cm³/mol. The zero-order chi connectivity index (χ0) is 20.9. The second kappa shape index (κ2) is 9.13. The quantitative estimate of drug-likeness (QED) is 0.649. The van der Waals surface area contributed by atoms with Crippen molar-refractivity contribution >= 4 is 28.1 Å². The van der Waals surface area contributed by atoms with Crippen LogP contribution >= 0.6 is 11.3 Å². The maximum Gasteiger partial charge on any atom is 0.273 e. The van der Waals surface area contributed by atoms with Gasteiger partial charge in [-0.05, 0) is 42.0 Å². The van der Waals surface area contributed by atoms with Gasteiger partial charge in [0.1, 0.15) is 17.3 Å². The molecule has 1 aromatic heterocycles. The normalized spacial score (nSPS) is 13.9. The number of nitrogens with zero attached hydrogens (tertiary/aromatic N) is 3. The first-order valence-electron chi connectivity index (χ1n) is 9.74. The monoisotopic (exact) mass is 426 g/mol. The lowest BCUT2D eigenvalue weighted by atomic mass is 10.2. The van der Waals surface area contributed by atoms with Gasteiger partial charge in [-0.2, -0.15) is 0 Å². The molecule has 30 heavy (non-hydrogen) atoms. The fraction of sp³-hybridized carbons (Fsp3) is 0.273. The summed E-state index contributed by atoms with van der Waals surface area (Å²) in [4.78, 5) is 21.2. The second-order valence-corrected chi connectivity index (χ2v) is 7.85. The predicted octanol–water partition coefficient (Wildman–Crippen LogP) is 3.87. The van der Waals surface area contributed by atoms with Crippen molar-refractivity contribution in [3.63, 3.8) is 0 Å². The zero-order valence-electron chi connectivity index (χ0n) is 16.7. The highest BCUT2D eigenvalue weighted by atomic mass is 32.1. The van der Waals surface area contributed by atoms with Crippen molar-refractivity contribution in [2.45, 2.75) is 6.54 Å². The Morgan fingerprint density at radius 3 is 2.47 bits per heavy atom. The van der Waals surface area contributed by atoms with Crippen LogP contribution in [0, 0.1) is 5.82 Å². The number of hydrogen-bond acceptors (Lipinski definition) is 6. The molecule has 0 spiro atoms. The topological polar surface area (TPSA) is 57.7 Å². The molecule has 4 rings (SSSR count). The Morgan fingerprint density at radius 1 is 1.10 bits per heavy atom. The fourth-order valence-electron chi connectivity index (χ4n) is 3.36. The first kappa shape index (κ1) is 20.2. The van der Waals surface area contributed by atoms with Gasteiger partial charge in [0.25, 0.3) is 5.91 Å². The van der Waals surface area contributed by atoms with Gasteiger partial charge in [0.15, 0.2) is 5.13 Å². The molecule has 1 amide bonds. The number of nitrogens with one attached hydrogen (secondary N) is 1. The molecule has 0 atom stereocenters. The van der Waals surface area contributed by atoms with Gasteiger partial charge in [-0.25, -0.2) is 9.37 Å². The molecule has 1 aliphatic rings. The van der Waals surface area contributed by atoms with E-state index in [1.807, 2.05) is 29.2 Å². The van der Waals surface area contributed by atoms with Gasteiger partial charge in [0.2, 0.25) is 0 Å². The van der Waals surface area contributed by atoms with Gasteiger partial charge in [-0.1, -0.05) is 12.1 Å². The number of carbonyl (C=O) groups excluding carboxylic acids is 1. The minimum absolute atomic E-state index is 0.0532. The Morgan fingerprint density at radius 2 is 1.80 bits per heavy atom. The third kappa shape index (κ3) is 4.71. The molecular weight excluding hydrogens is 403 g/mol. The number of hydrogen-bond donors (Lipinski definition) is 1. The first-order valence-corrected chi connectivity index (χ1v) is 10.6. The summed E-state index contributed by atoms with van der Waals surface area (Å²) in [6.45, 7) is 3.28. The summed E-state index contributed by atoms with van der Waals surface area (Å²) in [5, 5.41) is 5.78. The number of anilines is 2. The molecule has 1 fully saturated rings. The van der Waals surface area contributed by atoms with Crippen LogP contribution in [0.3, 0.4) is 0 Å². The highest BCUT2D eigenvalue weighted by Crippen LogP contribution is 2.21. The summed E-state index contributed by atoms with van der Waals surface area (Å²) in [7, 11) is 1.64. The van der Waals surface area contributed by atoms with Crippen LogP contribution in [0.25, 0.3) is 0 Å². The summed E-state index contributed by atoms with van der Waals surface area (Å²) in [5.41, 5.74) is 2.55. The van der Waals surface area contributed by atoms with E-state index in [9.17, 15) is 9.18 Å². The summed E-state index contributed by atoms with van der Waals surface area (Å²) in [6.07, 6.45) is 0. The number of benzene rings is 2. The van der Waals surface area contributed by atoms with Crippen molar-refractivity contribution in [1.82, 2.24) is 9.88 Å². The number of halogens is 1. The van der Waals surface area contributed by atoms with Crippen LogP contribution in [0.4, 0.5) is 15.2 Å². The van der Waals surface area contributed by atoms with E-state index in [4.69, 9.17) is 4.74 Å². The van der Waals surface area contributed by atoms with E-state index < -0.39 is 0 Å². The van der Waals surface area contributed by atoms with Crippen LogP contribution < -0.4 is 15.0 Å². The second-order valence-electron chi connectivity index (χ2n) is 7.00. The highest BCUT2D eigenvalue weighted by Gasteiger charge is 2.24. The van der Waals surface area contributed by atoms with Crippen LogP contribution in [-0.2, 0) is 6.54 Å². The summed E-state index contributed by atoms with van der Waals surface area (Å²) in [5.74, 6) is 0.524. The average molecular weight is 427 g/mol. The Kier molecular flexibility index (Phi) is 6.13. The first-order chi connectivity index (χ1) is 14.6. The largest absolute Gasteiger partial charge is 0.497 e. The molecule has 0 aliphatic carbocycles. The molecule has 1 N–H and O–H groups in total. The molecule has 2 heterocycles. The molecular formula is C22H23FN4O2S. The number of amides is 1. The van der Waals surface area contributed by atoms with Crippen molar-refractivity contribution < 1.29 is 13.9 Å². The Labute approximate surface area is 178 Å². The van der Waals surface area contributed by atoms with Gasteiger partial charge >= 0.3 is 0 Å². The van der Waals surface area contributed by atoms with E-state index in [2.05, 4.69) is 15.2 Å². The number of carbonyl (C=O) groups is 1. The maximum atomic E-state index is 13.1. The Balaban J connectivity index is 1.30. The molecule has 0 saturated carbocycles. The van der Waals surface area contributed by atoms with Crippen LogP contribution in [0.15, 0.2) is 53.9 Å². The highest BCUT2D eigenvalue weighted by molar-refractivity contribution is 7.13. The molecule has 8 heteroatoms. The molecule has 6 nitrogen and oxygen atoms in total. The molecule has 1 saturated heterocycles. The van der Waals surface area contributed by atoms with Crippen LogP contribution in [-0.4, -0.2) is 49.1 Å². The number of piperazine rings is 1. The summed E-state index contributed by atoms with van der Waals surface area (Å²) in [6, 6.07) is 14.3. The third-order valence-corrected chi connectivity index (χ3v) is 5.88. The van der Waals surface area contributed by atoms with E-state index in [-0.39, 0.29) is 11.7 Å². The lowest BCUT2D eigenvalue weighted by Crippen LogP contribution is -2.48. The van der Waals surface area contributed by atoms with Gasteiger partial charge in [-0.15, -0.1) is 11.3 Å². The molecule has 0 bridgehead atoms. The van der Waals surface area contributed by atoms with E-state index in [1.165, 1.54) is 23.5 Å². The SMILES string of the molecule is COc1ccc(CNc2nc(C(=O)N3CCN(c4ccc(F)cc4)CC3)cs2)cc1. The standard InChI is InChI=1S/C22H23FN4O2S/c1-29-19-8-2-16(3-9-19)14-24-22-25-20(15-30-22)21(28)27-12-10-26(11-13-27)18-6-4-17(23)5-7-18/h2-9,15H,10-14H2,1H3,(H,24,25). The minimum Gasteiger partial charge on any atom is -0.497 e. The number of methoxy groups -OCH3 is 1. The molecule has 3 aromatic rings.